The molecule has 1 unspecified atom stereocenters. The second-order valence-corrected chi connectivity index (χ2v) is 4.02. The molecule has 5 nitrogen and oxygen atoms in total. The highest BCUT2D eigenvalue weighted by molar-refractivity contribution is 5.77. The highest BCUT2D eigenvalue weighted by Gasteiger charge is 2.21. The Labute approximate surface area is 91.3 Å². The van der Waals surface area contributed by atoms with E-state index in [4.69, 9.17) is 4.74 Å². The van der Waals surface area contributed by atoms with Crippen LogP contribution in [0.15, 0.2) is 23.0 Å². The largest absolute Gasteiger partial charge is 0.508 e. The molecule has 3 rings (SSSR count). The van der Waals surface area contributed by atoms with Crippen LogP contribution in [0.1, 0.15) is 12.5 Å². The zero-order valence-corrected chi connectivity index (χ0v) is 8.64. The van der Waals surface area contributed by atoms with Crippen molar-refractivity contribution in [3.05, 3.63) is 28.7 Å². The lowest BCUT2D eigenvalue weighted by atomic mass is 10.2. The fourth-order valence-corrected chi connectivity index (χ4v) is 2.21. The number of hydrogen-bond donors (Lipinski definition) is 2. The Kier molecular flexibility index (Phi) is 2.00. The molecule has 0 aliphatic carbocycles. The molecule has 1 aliphatic rings. The first-order valence-corrected chi connectivity index (χ1v) is 5.27. The number of H-pyrrole nitrogens is 1. The summed E-state index contributed by atoms with van der Waals surface area (Å²) in [6.07, 6.45) is 0.855. The smallest absolute Gasteiger partial charge is 0.326 e. The molecular formula is C11H12N2O3. The zero-order valence-electron chi connectivity index (χ0n) is 8.64. The molecule has 0 saturated carbocycles. The van der Waals surface area contributed by atoms with Gasteiger partial charge in [0.25, 0.3) is 0 Å². The number of aromatic nitrogens is 2. The van der Waals surface area contributed by atoms with Crippen molar-refractivity contribution < 1.29 is 9.84 Å². The predicted octanol–water partition coefficient (Wildman–Crippen LogP) is 0.997. The molecule has 5 heteroatoms. The van der Waals surface area contributed by atoms with Crippen molar-refractivity contribution in [2.45, 2.75) is 12.5 Å². The van der Waals surface area contributed by atoms with Gasteiger partial charge in [0, 0.05) is 12.7 Å². The van der Waals surface area contributed by atoms with Gasteiger partial charge in [-0.15, -0.1) is 0 Å². The van der Waals surface area contributed by atoms with E-state index in [-0.39, 0.29) is 17.5 Å². The molecule has 1 aliphatic heterocycles. The van der Waals surface area contributed by atoms with Gasteiger partial charge in [-0.25, -0.2) is 4.79 Å². The minimum atomic E-state index is -0.142. The van der Waals surface area contributed by atoms with Crippen LogP contribution in [0, 0.1) is 0 Å². The van der Waals surface area contributed by atoms with Gasteiger partial charge in [-0.1, -0.05) is 0 Å². The summed E-state index contributed by atoms with van der Waals surface area (Å²) in [4.78, 5) is 14.5. The standard InChI is InChI=1S/C11H12N2O3/c14-8-1-2-10-9(5-8)12-11(15)13(10)7-3-4-16-6-7/h1-2,5,7,14H,3-4,6H2,(H,12,15). The van der Waals surface area contributed by atoms with Crippen molar-refractivity contribution in [3.8, 4) is 5.75 Å². The topological polar surface area (TPSA) is 67.2 Å². The first-order chi connectivity index (χ1) is 7.75. The minimum Gasteiger partial charge on any atom is -0.508 e. The van der Waals surface area contributed by atoms with Crippen LogP contribution in [0.4, 0.5) is 0 Å². The maximum Gasteiger partial charge on any atom is 0.326 e. The van der Waals surface area contributed by atoms with Gasteiger partial charge in [0.05, 0.1) is 23.7 Å². The number of phenolic OH excluding ortho intramolecular Hbond substituents is 1. The summed E-state index contributed by atoms with van der Waals surface area (Å²) in [7, 11) is 0. The van der Waals surface area contributed by atoms with Gasteiger partial charge in [0.15, 0.2) is 0 Å². The molecule has 0 radical (unpaired) electrons. The highest BCUT2D eigenvalue weighted by Crippen LogP contribution is 2.23. The Bertz CT molecular complexity index is 578. The predicted molar refractivity (Wildman–Crippen MR) is 58.7 cm³/mol. The molecule has 1 fully saturated rings. The van der Waals surface area contributed by atoms with Crippen molar-refractivity contribution in [2.24, 2.45) is 0 Å². The lowest BCUT2D eigenvalue weighted by Crippen LogP contribution is -2.22. The molecule has 1 atom stereocenters. The number of imidazole rings is 1. The normalized spacial score (nSPS) is 20.6. The van der Waals surface area contributed by atoms with E-state index in [9.17, 15) is 9.90 Å². The zero-order chi connectivity index (χ0) is 11.1. The molecule has 1 saturated heterocycles. The number of benzene rings is 1. The van der Waals surface area contributed by atoms with E-state index in [2.05, 4.69) is 4.98 Å². The third kappa shape index (κ3) is 1.32. The molecule has 2 aromatic rings. The van der Waals surface area contributed by atoms with E-state index in [1.54, 1.807) is 22.8 Å². The van der Waals surface area contributed by atoms with E-state index in [0.29, 0.717) is 18.7 Å². The van der Waals surface area contributed by atoms with Crippen LogP contribution in [-0.2, 0) is 4.74 Å². The van der Waals surface area contributed by atoms with Gasteiger partial charge < -0.3 is 14.8 Å². The lowest BCUT2D eigenvalue weighted by molar-refractivity contribution is 0.186. The van der Waals surface area contributed by atoms with E-state index in [0.717, 1.165) is 11.9 Å². The monoisotopic (exact) mass is 220 g/mol. The van der Waals surface area contributed by atoms with E-state index in [1.165, 1.54) is 0 Å². The van der Waals surface area contributed by atoms with Gasteiger partial charge in [0.1, 0.15) is 5.75 Å². The van der Waals surface area contributed by atoms with Crippen molar-refractivity contribution in [1.82, 2.24) is 9.55 Å². The molecule has 84 valence electrons. The average Bonchev–Trinajstić information content (AvgIpc) is 2.83. The summed E-state index contributed by atoms with van der Waals surface area (Å²) in [6.45, 7) is 1.27. The van der Waals surface area contributed by atoms with Gasteiger partial charge in [-0.3, -0.25) is 4.57 Å². The lowest BCUT2D eigenvalue weighted by Gasteiger charge is -2.09. The number of nitrogens with zero attached hydrogens (tertiary/aromatic N) is 1. The number of hydrogen-bond acceptors (Lipinski definition) is 3. The van der Waals surface area contributed by atoms with Crippen molar-refractivity contribution >= 4 is 11.0 Å². The minimum absolute atomic E-state index is 0.103. The molecule has 0 spiro atoms. The van der Waals surface area contributed by atoms with Crippen LogP contribution < -0.4 is 5.69 Å². The van der Waals surface area contributed by atoms with Crippen LogP contribution in [0.3, 0.4) is 0 Å². The average molecular weight is 220 g/mol. The van der Waals surface area contributed by atoms with Crippen LogP contribution in [0.2, 0.25) is 0 Å². The van der Waals surface area contributed by atoms with Crippen molar-refractivity contribution in [1.29, 1.82) is 0 Å². The maximum atomic E-state index is 11.8. The van der Waals surface area contributed by atoms with Crippen LogP contribution in [0.25, 0.3) is 11.0 Å². The summed E-state index contributed by atoms with van der Waals surface area (Å²) in [6, 6.07) is 5.00. The quantitative estimate of drug-likeness (QED) is 0.753. The number of rotatable bonds is 1. The molecular weight excluding hydrogens is 208 g/mol. The molecule has 1 aromatic heterocycles. The van der Waals surface area contributed by atoms with Gasteiger partial charge in [0.2, 0.25) is 0 Å². The number of nitrogens with one attached hydrogen (secondary N) is 1. The molecule has 16 heavy (non-hydrogen) atoms. The summed E-state index contributed by atoms with van der Waals surface area (Å²) in [5.41, 5.74) is 1.34. The second-order valence-electron chi connectivity index (χ2n) is 4.02. The van der Waals surface area contributed by atoms with Crippen LogP contribution >= 0.6 is 0 Å². The van der Waals surface area contributed by atoms with Gasteiger partial charge in [-0.05, 0) is 18.6 Å². The highest BCUT2D eigenvalue weighted by atomic mass is 16.5. The first-order valence-electron chi connectivity index (χ1n) is 5.27. The summed E-state index contributed by atoms with van der Waals surface area (Å²) < 4.78 is 7.00. The van der Waals surface area contributed by atoms with E-state index < -0.39 is 0 Å². The van der Waals surface area contributed by atoms with Crippen LogP contribution in [-0.4, -0.2) is 27.9 Å². The maximum absolute atomic E-state index is 11.8. The number of aromatic hydroxyl groups is 1. The summed E-state index contributed by atoms with van der Waals surface area (Å²) in [5.74, 6) is 0.156. The van der Waals surface area contributed by atoms with Gasteiger partial charge >= 0.3 is 5.69 Å². The fraction of sp³-hybridized carbons (Fsp3) is 0.364. The second kappa shape index (κ2) is 3.38. The number of fused-ring (bicyclic) bond motifs is 1. The Morgan fingerprint density at radius 1 is 1.50 bits per heavy atom. The summed E-state index contributed by atoms with van der Waals surface area (Å²) >= 11 is 0. The van der Waals surface area contributed by atoms with Crippen molar-refractivity contribution in [3.63, 3.8) is 0 Å². The number of aromatic amines is 1. The molecule has 2 heterocycles. The van der Waals surface area contributed by atoms with Crippen molar-refractivity contribution in [2.75, 3.05) is 13.2 Å². The molecule has 0 bridgehead atoms. The molecule has 1 aromatic carbocycles. The molecule has 0 amide bonds. The SMILES string of the molecule is O=c1[nH]c2cc(O)ccc2n1C1CCOC1. The Balaban J connectivity index is 2.23. The fourth-order valence-electron chi connectivity index (χ4n) is 2.21. The molecule has 2 N–H and O–H groups in total. The van der Waals surface area contributed by atoms with E-state index >= 15 is 0 Å². The first kappa shape index (κ1) is 9.47. The Morgan fingerprint density at radius 3 is 3.12 bits per heavy atom. The third-order valence-electron chi connectivity index (χ3n) is 2.97. The number of phenols is 1. The van der Waals surface area contributed by atoms with Gasteiger partial charge in [-0.2, -0.15) is 0 Å². The van der Waals surface area contributed by atoms with Crippen LogP contribution in [0.5, 0.6) is 5.75 Å². The van der Waals surface area contributed by atoms with E-state index in [1.807, 2.05) is 0 Å². The Morgan fingerprint density at radius 2 is 2.38 bits per heavy atom. The third-order valence-corrected chi connectivity index (χ3v) is 2.97. The summed E-state index contributed by atoms with van der Waals surface area (Å²) in [5, 5.41) is 9.34. The number of ether oxygens (including phenoxy) is 1. The Hall–Kier alpha value is -1.75.